The minimum Gasteiger partial charge on any atom is -0.478 e. The molecular formula is C9H12O2S. The van der Waals surface area contributed by atoms with E-state index in [9.17, 15) is 4.79 Å². The van der Waals surface area contributed by atoms with Crippen molar-refractivity contribution < 1.29 is 9.90 Å². The Hall–Kier alpha value is -0.830. The summed E-state index contributed by atoms with van der Waals surface area (Å²) in [6.07, 6.45) is 3.30. The number of rotatable bonds is 4. The van der Waals surface area contributed by atoms with E-state index in [1.54, 1.807) is 11.4 Å². The standard InChI is InChI=1S/C9H12O2S/c1-2-3-4-8-5-7(6-12-8)9(10)11/h5-6H,2-4H2,1H3,(H,10,11). The molecule has 66 valence electrons. The average Bonchev–Trinajstić information content (AvgIpc) is 2.48. The van der Waals surface area contributed by atoms with Gasteiger partial charge in [-0.1, -0.05) is 13.3 Å². The van der Waals surface area contributed by atoms with Crippen molar-refractivity contribution in [2.75, 3.05) is 0 Å². The lowest BCUT2D eigenvalue weighted by Crippen LogP contribution is -1.91. The molecule has 0 amide bonds. The number of carbonyl (C=O) groups is 1. The zero-order valence-corrected chi connectivity index (χ0v) is 7.86. The quantitative estimate of drug-likeness (QED) is 0.781. The zero-order chi connectivity index (χ0) is 8.97. The third kappa shape index (κ3) is 2.34. The van der Waals surface area contributed by atoms with Crippen LogP contribution in [0.2, 0.25) is 0 Å². The Balaban J connectivity index is 2.58. The summed E-state index contributed by atoms with van der Waals surface area (Å²) >= 11 is 1.54. The summed E-state index contributed by atoms with van der Waals surface area (Å²) in [5.41, 5.74) is 0.422. The van der Waals surface area contributed by atoms with Gasteiger partial charge in [0.1, 0.15) is 0 Å². The van der Waals surface area contributed by atoms with Crippen LogP contribution < -0.4 is 0 Å². The first-order valence-corrected chi connectivity index (χ1v) is 4.92. The SMILES string of the molecule is CCCCc1cc(C(=O)O)cs1. The van der Waals surface area contributed by atoms with Crippen molar-refractivity contribution in [1.82, 2.24) is 0 Å². The second-order valence-corrected chi connectivity index (χ2v) is 3.71. The van der Waals surface area contributed by atoms with Crippen LogP contribution in [-0.2, 0) is 6.42 Å². The van der Waals surface area contributed by atoms with Crippen molar-refractivity contribution in [2.45, 2.75) is 26.2 Å². The van der Waals surface area contributed by atoms with Crippen molar-refractivity contribution in [2.24, 2.45) is 0 Å². The van der Waals surface area contributed by atoms with Gasteiger partial charge in [-0.2, -0.15) is 0 Å². The molecule has 0 saturated carbocycles. The third-order valence-corrected chi connectivity index (χ3v) is 2.67. The van der Waals surface area contributed by atoms with E-state index in [0.717, 1.165) is 19.3 Å². The van der Waals surface area contributed by atoms with E-state index in [1.165, 1.54) is 16.2 Å². The maximum atomic E-state index is 10.5. The molecule has 12 heavy (non-hydrogen) atoms. The van der Waals surface area contributed by atoms with Crippen LogP contribution in [-0.4, -0.2) is 11.1 Å². The van der Waals surface area contributed by atoms with Gasteiger partial charge in [0.05, 0.1) is 5.56 Å². The van der Waals surface area contributed by atoms with Crippen molar-refractivity contribution in [3.63, 3.8) is 0 Å². The molecule has 0 fully saturated rings. The third-order valence-electron chi connectivity index (χ3n) is 1.68. The lowest BCUT2D eigenvalue weighted by molar-refractivity contribution is 0.0697. The Labute approximate surface area is 75.9 Å². The molecule has 0 unspecified atom stereocenters. The van der Waals surface area contributed by atoms with E-state index in [1.807, 2.05) is 0 Å². The fourth-order valence-corrected chi connectivity index (χ4v) is 1.88. The van der Waals surface area contributed by atoms with Crippen LogP contribution in [0.25, 0.3) is 0 Å². The molecular weight excluding hydrogens is 172 g/mol. The fraction of sp³-hybridized carbons (Fsp3) is 0.444. The molecule has 0 atom stereocenters. The van der Waals surface area contributed by atoms with E-state index in [2.05, 4.69) is 6.92 Å². The maximum Gasteiger partial charge on any atom is 0.336 e. The summed E-state index contributed by atoms with van der Waals surface area (Å²) in [5.74, 6) is -0.825. The molecule has 0 aromatic carbocycles. The summed E-state index contributed by atoms with van der Waals surface area (Å²) in [7, 11) is 0. The molecule has 1 heterocycles. The number of carboxylic acid groups (broad SMARTS) is 1. The molecule has 1 aromatic heterocycles. The van der Waals surface area contributed by atoms with Gasteiger partial charge < -0.3 is 5.11 Å². The van der Waals surface area contributed by atoms with Crippen molar-refractivity contribution in [1.29, 1.82) is 0 Å². The lowest BCUT2D eigenvalue weighted by atomic mass is 10.2. The van der Waals surface area contributed by atoms with E-state index in [-0.39, 0.29) is 0 Å². The number of carboxylic acids is 1. The molecule has 1 rings (SSSR count). The van der Waals surface area contributed by atoms with Gasteiger partial charge in [-0.05, 0) is 18.9 Å². The second-order valence-electron chi connectivity index (χ2n) is 2.71. The second kappa shape index (κ2) is 4.26. The summed E-state index contributed by atoms with van der Waals surface area (Å²) in [5, 5.41) is 10.3. The Morgan fingerprint density at radius 2 is 2.42 bits per heavy atom. The Kier molecular flexibility index (Phi) is 3.29. The van der Waals surface area contributed by atoms with Gasteiger partial charge in [-0.3, -0.25) is 0 Å². The first-order chi connectivity index (χ1) is 5.74. The predicted molar refractivity (Wildman–Crippen MR) is 49.9 cm³/mol. The van der Waals surface area contributed by atoms with Gasteiger partial charge >= 0.3 is 5.97 Å². The van der Waals surface area contributed by atoms with Crippen molar-refractivity contribution in [3.8, 4) is 0 Å². The van der Waals surface area contributed by atoms with E-state index < -0.39 is 5.97 Å². The summed E-state index contributed by atoms with van der Waals surface area (Å²) in [6.45, 7) is 2.13. The monoisotopic (exact) mass is 184 g/mol. The normalized spacial score (nSPS) is 10.1. The first kappa shape index (κ1) is 9.26. The number of hydrogen-bond donors (Lipinski definition) is 1. The predicted octanol–water partition coefficient (Wildman–Crippen LogP) is 2.79. The number of aromatic carboxylic acids is 1. The molecule has 0 radical (unpaired) electrons. The molecule has 0 bridgehead atoms. The fourth-order valence-electron chi connectivity index (χ4n) is 0.975. The van der Waals surface area contributed by atoms with Gasteiger partial charge in [0, 0.05) is 10.3 Å². The van der Waals surface area contributed by atoms with Crippen LogP contribution in [0.1, 0.15) is 35.0 Å². The molecule has 0 aliphatic carbocycles. The lowest BCUT2D eigenvalue weighted by Gasteiger charge is -1.91. The topological polar surface area (TPSA) is 37.3 Å². The largest absolute Gasteiger partial charge is 0.478 e. The van der Waals surface area contributed by atoms with Crippen LogP contribution in [0, 0.1) is 0 Å². The number of hydrogen-bond acceptors (Lipinski definition) is 2. The molecule has 0 spiro atoms. The molecule has 0 aliphatic rings. The Morgan fingerprint density at radius 1 is 1.67 bits per heavy atom. The van der Waals surface area contributed by atoms with Crippen LogP contribution in [0.5, 0.6) is 0 Å². The molecule has 0 aliphatic heterocycles. The smallest absolute Gasteiger partial charge is 0.336 e. The van der Waals surface area contributed by atoms with E-state index in [0.29, 0.717) is 5.56 Å². The number of unbranched alkanes of at least 4 members (excludes halogenated alkanes) is 1. The average molecular weight is 184 g/mol. The molecule has 3 heteroatoms. The molecule has 1 N–H and O–H groups in total. The Morgan fingerprint density at radius 3 is 2.92 bits per heavy atom. The first-order valence-electron chi connectivity index (χ1n) is 4.04. The minimum atomic E-state index is -0.825. The van der Waals surface area contributed by atoms with Gasteiger partial charge in [0.25, 0.3) is 0 Å². The summed E-state index contributed by atoms with van der Waals surface area (Å²) in [4.78, 5) is 11.7. The van der Waals surface area contributed by atoms with E-state index in [4.69, 9.17) is 5.11 Å². The van der Waals surface area contributed by atoms with Gasteiger partial charge in [-0.25, -0.2) is 4.79 Å². The number of aryl methyl sites for hydroxylation is 1. The summed E-state index contributed by atoms with van der Waals surface area (Å²) < 4.78 is 0. The van der Waals surface area contributed by atoms with E-state index >= 15 is 0 Å². The highest BCUT2D eigenvalue weighted by atomic mass is 32.1. The van der Waals surface area contributed by atoms with Crippen molar-refractivity contribution >= 4 is 17.3 Å². The highest BCUT2D eigenvalue weighted by molar-refractivity contribution is 7.10. The van der Waals surface area contributed by atoms with Gasteiger partial charge in [0.2, 0.25) is 0 Å². The van der Waals surface area contributed by atoms with Crippen LogP contribution in [0.15, 0.2) is 11.4 Å². The zero-order valence-electron chi connectivity index (χ0n) is 7.04. The molecule has 0 saturated heterocycles. The van der Waals surface area contributed by atoms with Crippen molar-refractivity contribution in [3.05, 3.63) is 21.9 Å². The van der Waals surface area contributed by atoms with Crippen LogP contribution >= 0.6 is 11.3 Å². The highest BCUT2D eigenvalue weighted by Crippen LogP contribution is 2.16. The van der Waals surface area contributed by atoms with Crippen LogP contribution in [0.3, 0.4) is 0 Å². The summed E-state index contributed by atoms with van der Waals surface area (Å²) in [6, 6.07) is 1.77. The molecule has 1 aromatic rings. The van der Waals surface area contributed by atoms with Crippen LogP contribution in [0.4, 0.5) is 0 Å². The Bertz CT molecular complexity index is 265. The highest BCUT2D eigenvalue weighted by Gasteiger charge is 2.05. The minimum absolute atomic E-state index is 0.422. The molecule has 2 nitrogen and oxygen atoms in total. The van der Waals surface area contributed by atoms with Gasteiger partial charge in [0.15, 0.2) is 0 Å². The maximum absolute atomic E-state index is 10.5. The number of thiophene rings is 1. The van der Waals surface area contributed by atoms with Gasteiger partial charge in [-0.15, -0.1) is 11.3 Å².